The Morgan fingerprint density at radius 2 is 1.94 bits per heavy atom. The zero-order chi connectivity index (χ0) is 25.7. The molecule has 0 radical (unpaired) electrons. The van der Waals surface area contributed by atoms with Gasteiger partial charge in [0.2, 0.25) is 0 Å². The number of anilines is 1. The number of hydrogen-bond donors (Lipinski definition) is 2. The summed E-state index contributed by atoms with van der Waals surface area (Å²) in [5.41, 5.74) is 2.23. The molecule has 0 spiro atoms. The third kappa shape index (κ3) is 5.48. The summed E-state index contributed by atoms with van der Waals surface area (Å²) in [6.45, 7) is 5.79. The Bertz CT molecular complexity index is 1210. The molecule has 10 nitrogen and oxygen atoms in total. The fourth-order valence-corrected chi connectivity index (χ4v) is 3.94. The summed E-state index contributed by atoms with van der Waals surface area (Å²) >= 11 is 0. The van der Waals surface area contributed by atoms with Gasteiger partial charge in [-0.1, -0.05) is 31.5 Å². The van der Waals surface area contributed by atoms with Crippen LogP contribution < -0.4 is 10.6 Å². The van der Waals surface area contributed by atoms with E-state index in [0.29, 0.717) is 34.6 Å². The monoisotopic (exact) mass is 480 g/mol. The van der Waals surface area contributed by atoms with Crippen molar-refractivity contribution in [1.29, 1.82) is 0 Å². The highest BCUT2D eigenvalue weighted by molar-refractivity contribution is 6.05. The van der Waals surface area contributed by atoms with Gasteiger partial charge in [-0.3, -0.25) is 19.8 Å². The minimum Gasteiger partial charge on any atom is -0.466 e. The van der Waals surface area contributed by atoms with Crippen LogP contribution in [0.5, 0.6) is 0 Å². The topological polar surface area (TPSA) is 131 Å². The summed E-state index contributed by atoms with van der Waals surface area (Å²) in [6, 6.07) is 9.86. The normalized spacial score (nSPS) is 15.5. The summed E-state index contributed by atoms with van der Waals surface area (Å²) in [7, 11) is 1.28. The largest absolute Gasteiger partial charge is 0.466 e. The maximum absolute atomic E-state index is 12.8. The lowest BCUT2D eigenvalue weighted by Gasteiger charge is -2.35. The quantitative estimate of drug-likeness (QED) is 0.326. The van der Waals surface area contributed by atoms with E-state index in [9.17, 15) is 24.5 Å². The molecule has 0 aliphatic carbocycles. The standard InChI is InChI=1S/C25H28N4O6/c1-5-6-12-28-16(3)21(24(31)35-4)22(27-25(28)32)17-8-7-9-19(13-17)26-23(30)18-11-10-15(2)20(14-18)29(33)34/h7-11,13-14,22H,5-6,12H2,1-4H3,(H,26,30)(H,27,32). The van der Waals surface area contributed by atoms with Gasteiger partial charge in [-0.05, 0) is 44.0 Å². The van der Waals surface area contributed by atoms with Crippen LogP contribution in [0.25, 0.3) is 0 Å². The number of ether oxygens (including phenoxy) is 1. The van der Waals surface area contributed by atoms with E-state index in [1.165, 1.54) is 30.2 Å². The van der Waals surface area contributed by atoms with Crippen molar-refractivity contribution >= 4 is 29.3 Å². The molecule has 2 aromatic rings. The molecule has 1 aliphatic rings. The van der Waals surface area contributed by atoms with Crippen LogP contribution in [0.1, 0.15) is 54.2 Å². The smallest absolute Gasteiger partial charge is 0.337 e. The highest BCUT2D eigenvalue weighted by Gasteiger charge is 2.36. The van der Waals surface area contributed by atoms with Crippen molar-refractivity contribution < 1.29 is 24.0 Å². The number of carbonyl (C=O) groups excluding carboxylic acids is 3. The number of aryl methyl sites for hydroxylation is 1. The van der Waals surface area contributed by atoms with Crippen molar-refractivity contribution in [3.8, 4) is 0 Å². The number of hydrogen-bond acceptors (Lipinski definition) is 6. The number of nitrogens with zero attached hydrogens (tertiary/aromatic N) is 2. The van der Waals surface area contributed by atoms with Crippen molar-refractivity contribution in [2.45, 2.75) is 39.7 Å². The number of rotatable bonds is 8. The van der Waals surface area contributed by atoms with Crippen LogP contribution >= 0.6 is 0 Å². The van der Waals surface area contributed by atoms with E-state index >= 15 is 0 Å². The second-order valence-corrected chi connectivity index (χ2v) is 8.22. The number of nitro groups is 1. The molecule has 2 N–H and O–H groups in total. The van der Waals surface area contributed by atoms with E-state index in [1.807, 2.05) is 6.92 Å². The summed E-state index contributed by atoms with van der Waals surface area (Å²) in [5.74, 6) is -1.08. The number of benzene rings is 2. The first-order valence-corrected chi connectivity index (χ1v) is 11.2. The van der Waals surface area contributed by atoms with Crippen LogP contribution in [0.15, 0.2) is 53.7 Å². The summed E-state index contributed by atoms with van der Waals surface area (Å²) in [4.78, 5) is 50.5. The average Bonchev–Trinajstić information content (AvgIpc) is 2.83. The SMILES string of the molecule is CCCCN1C(=O)NC(c2cccc(NC(=O)c3ccc(C)c([N+](=O)[O-])c3)c2)C(C(=O)OC)=C1C. The first-order chi connectivity index (χ1) is 16.7. The Morgan fingerprint density at radius 3 is 2.60 bits per heavy atom. The minimum absolute atomic E-state index is 0.135. The van der Waals surface area contributed by atoms with Gasteiger partial charge in [0.05, 0.1) is 23.6 Å². The number of nitro benzene ring substituents is 1. The number of carbonyl (C=O) groups is 3. The number of allylic oxidation sites excluding steroid dienone is 1. The number of urea groups is 1. The first-order valence-electron chi connectivity index (χ1n) is 11.2. The summed E-state index contributed by atoms with van der Waals surface area (Å²) in [6.07, 6.45) is 1.67. The van der Waals surface area contributed by atoms with E-state index in [2.05, 4.69) is 10.6 Å². The highest BCUT2D eigenvalue weighted by atomic mass is 16.6. The van der Waals surface area contributed by atoms with E-state index in [1.54, 1.807) is 38.1 Å². The van der Waals surface area contributed by atoms with E-state index < -0.39 is 22.8 Å². The van der Waals surface area contributed by atoms with Gasteiger partial charge in [0.15, 0.2) is 0 Å². The zero-order valence-corrected chi connectivity index (χ0v) is 20.1. The molecule has 0 aromatic heterocycles. The van der Waals surface area contributed by atoms with E-state index in [0.717, 1.165) is 12.8 Å². The zero-order valence-electron chi connectivity index (χ0n) is 20.1. The van der Waals surface area contributed by atoms with E-state index in [4.69, 9.17) is 4.74 Å². The molecule has 1 aliphatic heterocycles. The van der Waals surface area contributed by atoms with Crippen molar-refractivity contribution in [2.24, 2.45) is 0 Å². The fraction of sp³-hybridized carbons (Fsp3) is 0.320. The molecular formula is C25H28N4O6. The molecule has 3 amide bonds. The minimum atomic E-state index is -0.773. The lowest BCUT2D eigenvalue weighted by molar-refractivity contribution is -0.385. The second kappa shape index (κ2) is 10.8. The number of esters is 1. The predicted molar refractivity (Wildman–Crippen MR) is 130 cm³/mol. The Hall–Kier alpha value is -4.21. The van der Waals surface area contributed by atoms with E-state index in [-0.39, 0.29) is 17.3 Å². The summed E-state index contributed by atoms with van der Waals surface area (Å²) < 4.78 is 4.99. The van der Waals surface area contributed by atoms with Crippen LogP contribution in [-0.4, -0.2) is 41.4 Å². The van der Waals surface area contributed by atoms with Gasteiger partial charge in [-0.15, -0.1) is 0 Å². The van der Waals surface area contributed by atoms with Crippen LogP contribution in [0.3, 0.4) is 0 Å². The number of amides is 3. The van der Waals surface area contributed by atoms with Crippen LogP contribution in [0.2, 0.25) is 0 Å². The molecule has 3 rings (SSSR count). The molecule has 2 aromatic carbocycles. The predicted octanol–water partition coefficient (Wildman–Crippen LogP) is 4.47. The van der Waals surface area contributed by atoms with Crippen molar-refractivity contribution in [2.75, 3.05) is 19.0 Å². The third-order valence-corrected chi connectivity index (χ3v) is 5.88. The molecule has 0 saturated heterocycles. The maximum atomic E-state index is 12.8. The van der Waals surface area contributed by atoms with Crippen LogP contribution in [-0.2, 0) is 9.53 Å². The van der Waals surface area contributed by atoms with Crippen LogP contribution in [0, 0.1) is 17.0 Å². The van der Waals surface area contributed by atoms with Crippen molar-refractivity contribution in [3.63, 3.8) is 0 Å². The number of methoxy groups -OCH3 is 1. The van der Waals surface area contributed by atoms with Gasteiger partial charge >= 0.3 is 12.0 Å². The van der Waals surface area contributed by atoms with Gasteiger partial charge in [0.1, 0.15) is 0 Å². The highest BCUT2D eigenvalue weighted by Crippen LogP contribution is 2.32. The Morgan fingerprint density at radius 1 is 1.20 bits per heavy atom. The van der Waals surface area contributed by atoms with Gasteiger partial charge < -0.3 is 15.4 Å². The molecule has 0 saturated carbocycles. The van der Waals surface area contributed by atoms with Gasteiger partial charge in [-0.2, -0.15) is 0 Å². The Labute approximate surface area is 203 Å². The van der Waals surface area contributed by atoms with Crippen molar-refractivity contribution in [1.82, 2.24) is 10.2 Å². The molecule has 0 fully saturated rings. The third-order valence-electron chi connectivity index (χ3n) is 5.88. The second-order valence-electron chi connectivity index (χ2n) is 8.22. The molecule has 1 unspecified atom stereocenters. The lowest BCUT2D eigenvalue weighted by atomic mass is 9.94. The van der Waals surface area contributed by atoms with Gasteiger partial charge in [0, 0.05) is 35.1 Å². The molecule has 10 heteroatoms. The Balaban J connectivity index is 1.92. The number of unbranched alkanes of at least 4 members (excludes halogenated alkanes) is 1. The first kappa shape index (κ1) is 25.4. The summed E-state index contributed by atoms with van der Waals surface area (Å²) in [5, 5.41) is 16.8. The van der Waals surface area contributed by atoms with Crippen molar-refractivity contribution in [3.05, 3.63) is 80.5 Å². The van der Waals surface area contributed by atoms with Crippen LogP contribution in [0.4, 0.5) is 16.2 Å². The Kier molecular flexibility index (Phi) is 7.85. The molecule has 1 heterocycles. The molecular weight excluding hydrogens is 452 g/mol. The molecule has 0 bridgehead atoms. The molecule has 184 valence electrons. The number of nitrogens with one attached hydrogen (secondary N) is 2. The van der Waals surface area contributed by atoms with Gasteiger partial charge in [0.25, 0.3) is 11.6 Å². The molecule has 1 atom stereocenters. The maximum Gasteiger partial charge on any atom is 0.337 e. The molecule has 35 heavy (non-hydrogen) atoms. The van der Waals surface area contributed by atoms with Gasteiger partial charge in [-0.25, -0.2) is 9.59 Å². The lowest BCUT2D eigenvalue weighted by Crippen LogP contribution is -2.48. The average molecular weight is 481 g/mol. The fourth-order valence-electron chi connectivity index (χ4n) is 3.94.